The summed E-state index contributed by atoms with van der Waals surface area (Å²) < 4.78 is 7.70. The van der Waals surface area contributed by atoms with Crippen molar-refractivity contribution in [2.45, 2.75) is 25.8 Å². The van der Waals surface area contributed by atoms with Gasteiger partial charge in [0.1, 0.15) is 11.6 Å². The highest BCUT2D eigenvalue weighted by atomic mass is 16.5. The van der Waals surface area contributed by atoms with Crippen LogP contribution in [-0.2, 0) is 19.4 Å². The molecule has 1 unspecified atom stereocenters. The van der Waals surface area contributed by atoms with Crippen LogP contribution >= 0.6 is 0 Å². The van der Waals surface area contributed by atoms with Crippen molar-refractivity contribution in [3.8, 4) is 17.1 Å². The molecule has 0 radical (unpaired) electrons. The third-order valence-electron chi connectivity index (χ3n) is 4.25. The van der Waals surface area contributed by atoms with E-state index in [1.54, 1.807) is 0 Å². The number of nitrogens with zero attached hydrogens (tertiary/aromatic N) is 3. The number of fused-ring (bicyclic) bond motifs is 2. The van der Waals surface area contributed by atoms with Crippen molar-refractivity contribution in [1.29, 1.82) is 0 Å². The lowest BCUT2D eigenvalue weighted by molar-refractivity contribution is 0.191. The van der Waals surface area contributed by atoms with Crippen molar-refractivity contribution in [3.63, 3.8) is 0 Å². The zero-order valence-electron chi connectivity index (χ0n) is 11.2. The average Bonchev–Trinajstić information content (AvgIpc) is 3.11. The molecule has 1 aromatic carbocycles. The monoisotopic (exact) mass is 271 g/mol. The lowest BCUT2D eigenvalue weighted by Crippen LogP contribution is -2.23. The van der Waals surface area contributed by atoms with Crippen LogP contribution in [0.5, 0.6) is 5.75 Å². The highest BCUT2D eigenvalue weighted by Gasteiger charge is 2.23. The van der Waals surface area contributed by atoms with Crippen LogP contribution in [-0.4, -0.2) is 33.1 Å². The van der Waals surface area contributed by atoms with Crippen molar-refractivity contribution >= 4 is 0 Å². The molecule has 2 aliphatic rings. The van der Waals surface area contributed by atoms with Gasteiger partial charge in [-0.1, -0.05) is 0 Å². The molecular weight excluding hydrogens is 254 g/mol. The van der Waals surface area contributed by atoms with E-state index in [4.69, 9.17) is 4.74 Å². The van der Waals surface area contributed by atoms with Gasteiger partial charge in [-0.2, -0.15) is 0 Å². The van der Waals surface area contributed by atoms with E-state index < -0.39 is 0 Å². The van der Waals surface area contributed by atoms with Crippen LogP contribution in [0.3, 0.4) is 0 Å². The molecule has 3 heterocycles. The second kappa shape index (κ2) is 4.59. The number of benzene rings is 1. The molecule has 0 spiro atoms. The summed E-state index contributed by atoms with van der Waals surface area (Å²) in [5.74, 6) is 3.24. The summed E-state index contributed by atoms with van der Waals surface area (Å²) in [7, 11) is 0. The summed E-state index contributed by atoms with van der Waals surface area (Å²) in [6.45, 7) is 1.81. The first-order chi connectivity index (χ1) is 9.85. The van der Waals surface area contributed by atoms with Gasteiger partial charge in [-0.05, 0) is 30.2 Å². The number of hydrogen-bond donors (Lipinski definition) is 1. The molecule has 0 amide bonds. The van der Waals surface area contributed by atoms with Crippen molar-refractivity contribution in [1.82, 2.24) is 14.8 Å². The third kappa shape index (κ3) is 1.81. The Hall–Kier alpha value is -1.88. The quantitative estimate of drug-likeness (QED) is 0.897. The Morgan fingerprint density at radius 3 is 3.15 bits per heavy atom. The first kappa shape index (κ1) is 11.9. The van der Waals surface area contributed by atoms with Crippen LogP contribution in [0.2, 0.25) is 0 Å². The molecule has 2 aromatic rings. The highest BCUT2D eigenvalue weighted by molar-refractivity contribution is 5.60. The molecular formula is C15H17N3O2. The Balaban J connectivity index is 1.74. The van der Waals surface area contributed by atoms with Gasteiger partial charge in [0.25, 0.3) is 0 Å². The van der Waals surface area contributed by atoms with Crippen molar-refractivity contribution < 1.29 is 9.84 Å². The SMILES string of the molecule is OCC1CCc2nnc(-c3ccc4c(c3)CCO4)n2C1. The molecule has 1 aromatic heterocycles. The number of rotatable bonds is 2. The van der Waals surface area contributed by atoms with Crippen molar-refractivity contribution in [2.24, 2.45) is 5.92 Å². The maximum absolute atomic E-state index is 9.37. The first-order valence-electron chi connectivity index (χ1n) is 7.14. The standard InChI is InChI=1S/C15H17N3O2/c19-9-10-1-4-14-16-17-15(18(14)8-10)12-2-3-13-11(7-12)5-6-20-13/h2-3,7,10,19H,1,4-6,8-9H2. The molecule has 0 saturated carbocycles. The zero-order chi connectivity index (χ0) is 13.5. The number of ether oxygens (including phenoxy) is 1. The number of hydrogen-bond acceptors (Lipinski definition) is 4. The topological polar surface area (TPSA) is 60.2 Å². The van der Waals surface area contributed by atoms with Gasteiger partial charge < -0.3 is 14.4 Å². The van der Waals surface area contributed by atoms with Gasteiger partial charge in [0, 0.05) is 37.5 Å². The fraction of sp³-hybridized carbons (Fsp3) is 0.467. The number of aliphatic hydroxyl groups is 1. The molecule has 0 fully saturated rings. The van der Waals surface area contributed by atoms with Gasteiger partial charge in [-0.25, -0.2) is 0 Å². The first-order valence-corrected chi connectivity index (χ1v) is 7.14. The van der Waals surface area contributed by atoms with Crippen molar-refractivity contribution in [2.75, 3.05) is 13.2 Å². The van der Waals surface area contributed by atoms with Crippen LogP contribution in [0.4, 0.5) is 0 Å². The highest BCUT2D eigenvalue weighted by Crippen LogP contribution is 2.31. The summed E-state index contributed by atoms with van der Waals surface area (Å²) in [6.07, 6.45) is 2.85. The Kier molecular flexibility index (Phi) is 2.73. The molecule has 0 saturated heterocycles. The van der Waals surface area contributed by atoms with E-state index in [1.807, 2.05) is 12.1 Å². The fourth-order valence-electron chi connectivity index (χ4n) is 3.08. The smallest absolute Gasteiger partial charge is 0.163 e. The van der Waals surface area contributed by atoms with Crippen LogP contribution in [0.25, 0.3) is 11.4 Å². The predicted octanol–water partition coefficient (Wildman–Crippen LogP) is 1.43. The summed E-state index contributed by atoms with van der Waals surface area (Å²) in [6, 6.07) is 6.22. The predicted molar refractivity (Wildman–Crippen MR) is 73.6 cm³/mol. The van der Waals surface area contributed by atoms with Crippen LogP contribution < -0.4 is 4.74 Å². The molecule has 1 N–H and O–H groups in total. The normalized spacial score (nSPS) is 20.4. The molecule has 0 bridgehead atoms. The van der Waals surface area contributed by atoms with Gasteiger partial charge in [-0.15, -0.1) is 10.2 Å². The second-order valence-electron chi connectivity index (χ2n) is 5.56. The summed E-state index contributed by atoms with van der Waals surface area (Å²) >= 11 is 0. The van der Waals surface area contributed by atoms with Gasteiger partial charge in [-0.3, -0.25) is 0 Å². The molecule has 5 nitrogen and oxygen atoms in total. The molecule has 5 heteroatoms. The van der Waals surface area contributed by atoms with Crippen LogP contribution in [0, 0.1) is 5.92 Å². The molecule has 1 atom stereocenters. The molecule has 0 aliphatic carbocycles. The Morgan fingerprint density at radius 1 is 1.30 bits per heavy atom. The van der Waals surface area contributed by atoms with Crippen molar-refractivity contribution in [3.05, 3.63) is 29.6 Å². The molecule has 20 heavy (non-hydrogen) atoms. The second-order valence-corrected chi connectivity index (χ2v) is 5.56. The van der Waals surface area contributed by atoms with E-state index in [9.17, 15) is 5.11 Å². The van der Waals surface area contributed by atoms with Crippen LogP contribution in [0.15, 0.2) is 18.2 Å². The maximum atomic E-state index is 9.37. The molecule has 2 aliphatic heterocycles. The lowest BCUT2D eigenvalue weighted by Gasteiger charge is -2.22. The van der Waals surface area contributed by atoms with E-state index >= 15 is 0 Å². The minimum atomic E-state index is 0.231. The summed E-state index contributed by atoms with van der Waals surface area (Å²) in [4.78, 5) is 0. The Labute approximate surface area is 117 Å². The average molecular weight is 271 g/mol. The van der Waals surface area contributed by atoms with Gasteiger partial charge >= 0.3 is 0 Å². The maximum Gasteiger partial charge on any atom is 0.163 e. The van der Waals surface area contributed by atoms with E-state index in [2.05, 4.69) is 20.8 Å². The van der Waals surface area contributed by atoms with Gasteiger partial charge in [0.15, 0.2) is 5.82 Å². The molecule has 104 valence electrons. The number of aryl methyl sites for hydroxylation is 1. The van der Waals surface area contributed by atoms with E-state index in [0.717, 1.165) is 55.4 Å². The van der Waals surface area contributed by atoms with Gasteiger partial charge in [0.05, 0.1) is 6.61 Å². The third-order valence-corrected chi connectivity index (χ3v) is 4.25. The molecule has 4 rings (SSSR count). The fourth-order valence-corrected chi connectivity index (χ4v) is 3.08. The minimum absolute atomic E-state index is 0.231. The Morgan fingerprint density at radius 2 is 2.25 bits per heavy atom. The van der Waals surface area contributed by atoms with E-state index in [-0.39, 0.29) is 6.61 Å². The number of aromatic nitrogens is 3. The lowest BCUT2D eigenvalue weighted by atomic mass is 10.00. The summed E-state index contributed by atoms with van der Waals surface area (Å²) in [5, 5.41) is 18.0. The van der Waals surface area contributed by atoms with E-state index in [0.29, 0.717) is 5.92 Å². The zero-order valence-corrected chi connectivity index (χ0v) is 11.2. The van der Waals surface area contributed by atoms with Gasteiger partial charge in [0.2, 0.25) is 0 Å². The number of aliphatic hydroxyl groups excluding tert-OH is 1. The largest absolute Gasteiger partial charge is 0.493 e. The van der Waals surface area contributed by atoms with E-state index in [1.165, 1.54) is 5.56 Å². The minimum Gasteiger partial charge on any atom is -0.493 e. The van der Waals surface area contributed by atoms with Crippen LogP contribution in [0.1, 0.15) is 17.8 Å². The summed E-state index contributed by atoms with van der Waals surface area (Å²) in [5.41, 5.74) is 2.33. The Bertz CT molecular complexity index is 651.